The molecule has 0 amide bonds. The van der Waals surface area contributed by atoms with Gasteiger partial charge in [0.25, 0.3) is 0 Å². The Morgan fingerprint density at radius 3 is 2.24 bits per heavy atom. The molecule has 108 valence electrons. The minimum Gasteiger partial charge on any atom is -0.508 e. The maximum atomic E-state index is 11.9. The van der Waals surface area contributed by atoms with Gasteiger partial charge in [-0.3, -0.25) is 0 Å². The summed E-state index contributed by atoms with van der Waals surface area (Å²) in [6, 6.07) is 12.3. The SMILES string of the molecule is CCc1ccccc1C(=O)OOC(=O)c1ccc(O)cc1. The molecule has 0 unspecified atom stereocenters. The highest BCUT2D eigenvalue weighted by atomic mass is 17.2. The minimum absolute atomic E-state index is 0.0282. The van der Waals surface area contributed by atoms with Crippen LogP contribution in [0.2, 0.25) is 0 Å². The fourth-order valence-corrected chi connectivity index (χ4v) is 1.79. The van der Waals surface area contributed by atoms with Gasteiger partial charge in [-0.1, -0.05) is 25.1 Å². The van der Waals surface area contributed by atoms with Gasteiger partial charge in [0, 0.05) is 0 Å². The van der Waals surface area contributed by atoms with Crippen molar-refractivity contribution in [1.82, 2.24) is 0 Å². The van der Waals surface area contributed by atoms with Gasteiger partial charge >= 0.3 is 11.9 Å². The summed E-state index contributed by atoms with van der Waals surface area (Å²) >= 11 is 0. The van der Waals surface area contributed by atoms with Crippen LogP contribution >= 0.6 is 0 Å². The summed E-state index contributed by atoms with van der Waals surface area (Å²) in [6.45, 7) is 1.91. The van der Waals surface area contributed by atoms with Crippen LogP contribution in [-0.4, -0.2) is 17.0 Å². The monoisotopic (exact) mass is 286 g/mol. The molecule has 0 radical (unpaired) electrons. The fourth-order valence-electron chi connectivity index (χ4n) is 1.79. The summed E-state index contributed by atoms with van der Waals surface area (Å²) in [4.78, 5) is 32.6. The van der Waals surface area contributed by atoms with E-state index < -0.39 is 11.9 Å². The lowest BCUT2D eigenvalue weighted by Crippen LogP contribution is -2.13. The normalized spacial score (nSPS) is 9.95. The second-order valence-electron chi connectivity index (χ2n) is 4.30. The molecular weight excluding hydrogens is 272 g/mol. The molecule has 0 fully saturated rings. The van der Waals surface area contributed by atoms with Gasteiger partial charge in [0.1, 0.15) is 5.75 Å². The van der Waals surface area contributed by atoms with Crippen molar-refractivity contribution < 1.29 is 24.5 Å². The topological polar surface area (TPSA) is 72.8 Å². The molecule has 1 N–H and O–H groups in total. The molecule has 5 heteroatoms. The molecule has 0 heterocycles. The molecular formula is C16H14O5. The van der Waals surface area contributed by atoms with Crippen LogP contribution in [0.5, 0.6) is 5.75 Å². The van der Waals surface area contributed by atoms with Gasteiger partial charge in [-0.15, -0.1) is 0 Å². The molecule has 0 aliphatic heterocycles. The van der Waals surface area contributed by atoms with Crippen molar-refractivity contribution in [1.29, 1.82) is 0 Å². The summed E-state index contributed by atoms with van der Waals surface area (Å²) in [5.74, 6) is -1.50. The Kier molecular flexibility index (Phi) is 4.56. The van der Waals surface area contributed by atoms with Crippen molar-refractivity contribution in [3.63, 3.8) is 0 Å². The predicted molar refractivity (Wildman–Crippen MR) is 74.8 cm³/mol. The smallest absolute Gasteiger partial charge is 0.386 e. The molecule has 5 nitrogen and oxygen atoms in total. The fraction of sp³-hybridized carbons (Fsp3) is 0.125. The van der Waals surface area contributed by atoms with Crippen LogP contribution in [0, 0.1) is 0 Å². The van der Waals surface area contributed by atoms with Gasteiger partial charge in [0.05, 0.1) is 11.1 Å². The van der Waals surface area contributed by atoms with E-state index in [9.17, 15) is 9.59 Å². The second kappa shape index (κ2) is 6.56. The van der Waals surface area contributed by atoms with Crippen LogP contribution in [-0.2, 0) is 16.2 Å². The third-order valence-corrected chi connectivity index (χ3v) is 2.91. The van der Waals surface area contributed by atoms with Crippen LogP contribution in [0.25, 0.3) is 0 Å². The summed E-state index contributed by atoms with van der Waals surface area (Å²) in [7, 11) is 0. The number of carbonyl (C=O) groups is 2. The first-order valence-electron chi connectivity index (χ1n) is 6.42. The van der Waals surface area contributed by atoms with E-state index in [1.165, 1.54) is 24.3 Å². The highest BCUT2D eigenvalue weighted by molar-refractivity contribution is 5.93. The van der Waals surface area contributed by atoms with E-state index in [0.29, 0.717) is 12.0 Å². The van der Waals surface area contributed by atoms with E-state index in [-0.39, 0.29) is 11.3 Å². The first-order valence-corrected chi connectivity index (χ1v) is 6.42. The number of carbonyl (C=O) groups excluding carboxylic acids is 2. The molecule has 2 rings (SSSR count). The van der Waals surface area contributed by atoms with Crippen molar-refractivity contribution in [3.05, 3.63) is 65.2 Å². The van der Waals surface area contributed by atoms with E-state index >= 15 is 0 Å². The molecule has 0 saturated carbocycles. The summed E-state index contributed by atoms with van der Waals surface area (Å²) < 4.78 is 0. The molecule has 0 bridgehead atoms. The van der Waals surface area contributed by atoms with Crippen molar-refractivity contribution >= 4 is 11.9 Å². The molecule has 0 aliphatic carbocycles. The summed E-state index contributed by atoms with van der Waals surface area (Å²) in [6.07, 6.45) is 0.664. The number of phenols is 1. The largest absolute Gasteiger partial charge is 0.508 e. The van der Waals surface area contributed by atoms with Crippen LogP contribution < -0.4 is 0 Å². The van der Waals surface area contributed by atoms with Crippen molar-refractivity contribution in [2.75, 3.05) is 0 Å². The maximum absolute atomic E-state index is 11.9. The van der Waals surface area contributed by atoms with E-state index in [0.717, 1.165) is 5.56 Å². The van der Waals surface area contributed by atoms with E-state index in [2.05, 4.69) is 9.78 Å². The Bertz CT molecular complexity index is 646. The lowest BCUT2D eigenvalue weighted by atomic mass is 10.1. The van der Waals surface area contributed by atoms with Crippen molar-refractivity contribution in [2.24, 2.45) is 0 Å². The van der Waals surface area contributed by atoms with Gasteiger partial charge < -0.3 is 5.11 Å². The highest BCUT2D eigenvalue weighted by Gasteiger charge is 2.16. The molecule has 2 aromatic rings. The number of rotatable bonds is 3. The first-order chi connectivity index (χ1) is 10.1. The number of aromatic hydroxyl groups is 1. The van der Waals surface area contributed by atoms with E-state index in [1.807, 2.05) is 13.0 Å². The van der Waals surface area contributed by atoms with Gasteiger partial charge in [-0.05, 0) is 42.3 Å². The van der Waals surface area contributed by atoms with Gasteiger partial charge in [0.2, 0.25) is 0 Å². The Morgan fingerprint density at radius 1 is 0.952 bits per heavy atom. The Labute approximate surface area is 121 Å². The Balaban J connectivity index is 2.01. The average molecular weight is 286 g/mol. The first kappa shape index (κ1) is 14.6. The lowest BCUT2D eigenvalue weighted by molar-refractivity contribution is -0.187. The zero-order valence-electron chi connectivity index (χ0n) is 11.4. The zero-order chi connectivity index (χ0) is 15.2. The Morgan fingerprint density at radius 2 is 1.57 bits per heavy atom. The molecule has 0 aromatic heterocycles. The predicted octanol–water partition coefficient (Wildman–Crippen LogP) is 2.88. The van der Waals surface area contributed by atoms with Crippen molar-refractivity contribution in [2.45, 2.75) is 13.3 Å². The van der Waals surface area contributed by atoms with Gasteiger partial charge in [0.15, 0.2) is 0 Å². The standard InChI is InChI=1S/C16H14O5/c1-2-11-5-3-4-6-14(11)16(19)21-20-15(18)12-7-9-13(17)10-8-12/h3-10,17H,2H2,1H3. The summed E-state index contributed by atoms with van der Waals surface area (Å²) in [5, 5.41) is 9.13. The van der Waals surface area contributed by atoms with Crippen LogP contribution in [0.3, 0.4) is 0 Å². The number of benzene rings is 2. The number of phenolic OH excluding ortho intramolecular Hbond substituents is 1. The number of aryl methyl sites for hydroxylation is 1. The van der Waals surface area contributed by atoms with Crippen LogP contribution in [0.15, 0.2) is 48.5 Å². The molecule has 0 aliphatic rings. The van der Waals surface area contributed by atoms with E-state index in [1.54, 1.807) is 18.2 Å². The minimum atomic E-state index is -0.808. The number of hydrogen-bond donors (Lipinski definition) is 1. The quantitative estimate of drug-likeness (QED) is 0.693. The molecule has 0 spiro atoms. The maximum Gasteiger partial charge on any atom is 0.386 e. The zero-order valence-corrected chi connectivity index (χ0v) is 11.4. The third-order valence-electron chi connectivity index (χ3n) is 2.91. The number of hydrogen-bond acceptors (Lipinski definition) is 5. The molecule has 21 heavy (non-hydrogen) atoms. The second-order valence-corrected chi connectivity index (χ2v) is 4.30. The molecule has 0 saturated heterocycles. The third kappa shape index (κ3) is 3.60. The molecule has 2 aromatic carbocycles. The van der Waals surface area contributed by atoms with Gasteiger partial charge in [-0.2, -0.15) is 0 Å². The van der Waals surface area contributed by atoms with Crippen LogP contribution in [0.4, 0.5) is 0 Å². The molecule has 0 atom stereocenters. The van der Waals surface area contributed by atoms with E-state index in [4.69, 9.17) is 5.11 Å². The lowest BCUT2D eigenvalue weighted by Gasteiger charge is -2.06. The van der Waals surface area contributed by atoms with Gasteiger partial charge in [-0.25, -0.2) is 19.4 Å². The highest BCUT2D eigenvalue weighted by Crippen LogP contribution is 2.13. The Hall–Kier alpha value is -2.82. The average Bonchev–Trinajstić information content (AvgIpc) is 2.52. The van der Waals surface area contributed by atoms with Crippen LogP contribution in [0.1, 0.15) is 33.2 Å². The van der Waals surface area contributed by atoms with Crippen molar-refractivity contribution in [3.8, 4) is 5.75 Å². The summed E-state index contributed by atoms with van der Waals surface area (Å²) in [5.41, 5.74) is 1.34.